The van der Waals surface area contributed by atoms with E-state index in [4.69, 9.17) is 4.42 Å². The van der Waals surface area contributed by atoms with Crippen LogP contribution in [0.5, 0.6) is 0 Å². The Morgan fingerprint density at radius 3 is 2.68 bits per heavy atom. The molecule has 0 aromatic carbocycles. The standard InChI is InChI=1S/C16H27N3O3/c1-3-14(13-20)19-8-6-18(7-9-19)12-16(21)17(2)11-15-5-4-10-22-15/h4-5,10,14,20H,3,6-9,11-13H2,1-2H3. The summed E-state index contributed by atoms with van der Waals surface area (Å²) in [6.45, 7) is 6.83. The lowest BCUT2D eigenvalue weighted by Crippen LogP contribution is -2.53. The Labute approximate surface area is 132 Å². The number of carbonyl (C=O) groups excluding carboxylic acids is 1. The van der Waals surface area contributed by atoms with E-state index in [2.05, 4.69) is 16.7 Å². The number of carbonyl (C=O) groups is 1. The lowest BCUT2D eigenvalue weighted by atomic mass is 10.1. The van der Waals surface area contributed by atoms with Gasteiger partial charge in [0.2, 0.25) is 5.91 Å². The first-order valence-electron chi connectivity index (χ1n) is 7.97. The summed E-state index contributed by atoms with van der Waals surface area (Å²) in [5.74, 6) is 0.911. The Bertz CT molecular complexity index is 437. The first kappa shape index (κ1) is 17.0. The molecule has 1 unspecified atom stereocenters. The molecule has 22 heavy (non-hydrogen) atoms. The third kappa shape index (κ3) is 4.56. The number of hydrogen-bond acceptors (Lipinski definition) is 5. The Hall–Kier alpha value is -1.37. The average Bonchev–Trinajstić information content (AvgIpc) is 3.03. The molecule has 1 aromatic rings. The van der Waals surface area contributed by atoms with Gasteiger partial charge in [-0.2, -0.15) is 0 Å². The van der Waals surface area contributed by atoms with Gasteiger partial charge in [0.05, 0.1) is 26.0 Å². The number of furan rings is 1. The molecule has 0 radical (unpaired) electrons. The van der Waals surface area contributed by atoms with Gasteiger partial charge in [-0.1, -0.05) is 6.92 Å². The summed E-state index contributed by atoms with van der Waals surface area (Å²) in [6, 6.07) is 3.96. The minimum atomic E-state index is 0.110. The topological polar surface area (TPSA) is 60.2 Å². The van der Waals surface area contributed by atoms with Gasteiger partial charge in [0, 0.05) is 39.3 Å². The molecule has 2 heterocycles. The van der Waals surface area contributed by atoms with Gasteiger partial charge in [-0.3, -0.25) is 14.6 Å². The first-order valence-corrected chi connectivity index (χ1v) is 7.97. The van der Waals surface area contributed by atoms with E-state index in [0.29, 0.717) is 13.1 Å². The highest BCUT2D eigenvalue weighted by Crippen LogP contribution is 2.10. The zero-order valence-corrected chi connectivity index (χ0v) is 13.6. The normalized spacial score (nSPS) is 18.3. The molecule has 1 atom stereocenters. The third-order valence-electron chi connectivity index (χ3n) is 4.36. The summed E-state index contributed by atoms with van der Waals surface area (Å²) in [6.07, 6.45) is 2.58. The summed E-state index contributed by atoms with van der Waals surface area (Å²) in [4.78, 5) is 18.5. The maximum Gasteiger partial charge on any atom is 0.236 e. The van der Waals surface area contributed by atoms with Crippen LogP contribution < -0.4 is 0 Å². The number of nitrogens with zero attached hydrogens (tertiary/aromatic N) is 3. The molecular formula is C16H27N3O3. The van der Waals surface area contributed by atoms with Crippen LogP contribution in [0.2, 0.25) is 0 Å². The summed E-state index contributed by atoms with van der Waals surface area (Å²) >= 11 is 0. The van der Waals surface area contributed by atoms with Crippen LogP contribution in [0.4, 0.5) is 0 Å². The van der Waals surface area contributed by atoms with Gasteiger partial charge in [0.1, 0.15) is 5.76 Å². The van der Waals surface area contributed by atoms with Crippen LogP contribution in [0, 0.1) is 0 Å². The van der Waals surface area contributed by atoms with Crippen molar-refractivity contribution in [2.24, 2.45) is 0 Å². The SMILES string of the molecule is CCC(CO)N1CCN(CC(=O)N(C)Cc2ccco2)CC1. The van der Waals surface area contributed by atoms with Crippen molar-refractivity contribution in [3.05, 3.63) is 24.2 Å². The van der Waals surface area contributed by atoms with Crippen molar-refractivity contribution < 1.29 is 14.3 Å². The molecule has 124 valence electrons. The molecule has 1 aliphatic heterocycles. The van der Waals surface area contributed by atoms with Gasteiger partial charge in [-0.25, -0.2) is 0 Å². The summed E-state index contributed by atoms with van der Waals surface area (Å²) in [5.41, 5.74) is 0. The summed E-state index contributed by atoms with van der Waals surface area (Å²) in [7, 11) is 1.81. The van der Waals surface area contributed by atoms with E-state index in [9.17, 15) is 9.90 Å². The zero-order valence-electron chi connectivity index (χ0n) is 13.6. The highest BCUT2D eigenvalue weighted by molar-refractivity contribution is 5.77. The largest absolute Gasteiger partial charge is 0.467 e. The summed E-state index contributed by atoms with van der Waals surface area (Å²) in [5, 5.41) is 9.36. The monoisotopic (exact) mass is 309 g/mol. The Kier molecular flexibility index (Phi) is 6.42. The fourth-order valence-corrected chi connectivity index (χ4v) is 2.83. The van der Waals surface area contributed by atoms with E-state index in [0.717, 1.165) is 38.4 Å². The van der Waals surface area contributed by atoms with Crippen LogP contribution in [-0.2, 0) is 11.3 Å². The fourth-order valence-electron chi connectivity index (χ4n) is 2.83. The predicted octanol–water partition coefficient (Wildman–Crippen LogP) is 0.627. The third-order valence-corrected chi connectivity index (χ3v) is 4.36. The summed E-state index contributed by atoms with van der Waals surface area (Å²) < 4.78 is 5.27. The van der Waals surface area contributed by atoms with E-state index in [1.54, 1.807) is 18.2 Å². The number of likely N-dealkylation sites (N-methyl/N-ethyl adjacent to an activating group) is 1. The van der Waals surface area contributed by atoms with Gasteiger partial charge in [0.15, 0.2) is 0 Å². The van der Waals surface area contributed by atoms with Crippen molar-refractivity contribution in [3.8, 4) is 0 Å². The first-order chi connectivity index (χ1) is 10.6. The number of aliphatic hydroxyl groups is 1. The molecule has 0 spiro atoms. The molecule has 1 N–H and O–H groups in total. The number of aliphatic hydroxyl groups excluding tert-OH is 1. The zero-order chi connectivity index (χ0) is 15.9. The Balaban J connectivity index is 1.74. The second-order valence-electron chi connectivity index (χ2n) is 5.89. The van der Waals surface area contributed by atoms with Crippen molar-refractivity contribution in [3.63, 3.8) is 0 Å². The molecular weight excluding hydrogens is 282 g/mol. The van der Waals surface area contributed by atoms with Crippen molar-refractivity contribution in [1.82, 2.24) is 14.7 Å². The van der Waals surface area contributed by atoms with E-state index in [-0.39, 0.29) is 18.6 Å². The Morgan fingerprint density at radius 2 is 2.14 bits per heavy atom. The van der Waals surface area contributed by atoms with Crippen LogP contribution in [0.3, 0.4) is 0 Å². The van der Waals surface area contributed by atoms with E-state index in [1.165, 1.54) is 0 Å². The van der Waals surface area contributed by atoms with Gasteiger partial charge >= 0.3 is 0 Å². The lowest BCUT2D eigenvalue weighted by molar-refractivity contribution is -0.132. The molecule has 1 aromatic heterocycles. The minimum Gasteiger partial charge on any atom is -0.467 e. The molecule has 6 heteroatoms. The molecule has 6 nitrogen and oxygen atoms in total. The number of hydrogen-bond donors (Lipinski definition) is 1. The maximum absolute atomic E-state index is 12.3. The average molecular weight is 309 g/mol. The van der Waals surface area contributed by atoms with Crippen molar-refractivity contribution in [1.29, 1.82) is 0 Å². The molecule has 1 amide bonds. The van der Waals surface area contributed by atoms with Gasteiger partial charge in [0.25, 0.3) is 0 Å². The maximum atomic E-state index is 12.3. The molecule has 1 aliphatic rings. The van der Waals surface area contributed by atoms with Crippen molar-refractivity contribution in [2.75, 3.05) is 46.4 Å². The number of amides is 1. The molecule has 1 fully saturated rings. The predicted molar refractivity (Wildman–Crippen MR) is 84.4 cm³/mol. The number of piperazine rings is 1. The quantitative estimate of drug-likeness (QED) is 0.800. The smallest absolute Gasteiger partial charge is 0.236 e. The molecule has 0 aliphatic carbocycles. The highest BCUT2D eigenvalue weighted by atomic mass is 16.3. The van der Waals surface area contributed by atoms with Crippen LogP contribution >= 0.6 is 0 Å². The van der Waals surface area contributed by atoms with Crippen molar-refractivity contribution in [2.45, 2.75) is 25.9 Å². The van der Waals surface area contributed by atoms with E-state index < -0.39 is 0 Å². The fraction of sp³-hybridized carbons (Fsp3) is 0.688. The van der Waals surface area contributed by atoms with Crippen LogP contribution in [0.25, 0.3) is 0 Å². The van der Waals surface area contributed by atoms with Crippen molar-refractivity contribution >= 4 is 5.91 Å². The molecule has 0 bridgehead atoms. The lowest BCUT2D eigenvalue weighted by Gasteiger charge is -2.38. The Morgan fingerprint density at radius 1 is 1.41 bits per heavy atom. The second-order valence-corrected chi connectivity index (χ2v) is 5.89. The molecule has 1 saturated heterocycles. The molecule has 0 saturated carbocycles. The van der Waals surface area contributed by atoms with Gasteiger partial charge in [-0.05, 0) is 18.6 Å². The second kappa shape index (κ2) is 8.31. The van der Waals surface area contributed by atoms with E-state index in [1.807, 2.05) is 12.1 Å². The van der Waals surface area contributed by atoms with Gasteiger partial charge in [-0.15, -0.1) is 0 Å². The number of rotatable bonds is 7. The minimum absolute atomic E-state index is 0.110. The highest BCUT2D eigenvalue weighted by Gasteiger charge is 2.24. The van der Waals surface area contributed by atoms with Crippen LogP contribution in [0.15, 0.2) is 22.8 Å². The van der Waals surface area contributed by atoms with E-state index >= 15 is 0 Å². The molecule has 2 rings (SSSR count). The van der Waals surface area contributed by atoms with Crippen LogP contribution in [0.1, 0.15) is 19.1 Å². The van der Waals surface area contributed by atoms with Crippen LogP contribution in [-0.4, -0.2) is 78.1 Å². The van der Waals surface area contributed by atoms with Gasteiger partial charge < -0.3 is 14.4 Å².